The van der Waals surface area contributed by atoms with Crippen LogP contribution in [-0.4, -0.2) is 26.7 Å². The molecule has 2 heterocycles. The van der Waals surface area contributed by atoms with Crippen molar-refractivity contribution in [3.8, 4) is 17.0 Å². The van der Waals surface area contributed by atoms with Crippen LogP contribution in [-0.2, 0) is 11.3 Å². The number of carbonyl (C=O) groups is 1. The third kappa shape index (κ3) is 3.96. The van der Waals surface area contributed by atoms with Crippen molar-refractivity contribution in [2.45, 2.75) is 20.4 Å². The Morgan fingerprint density at radius 1 is 1.10 bits per heavy atom. The summed E-state index contributed by atoms with van der Waals surface area (Å²) in [4.78, 5) is 25.3. The summed E-state index contributed by atoms with van der Waals surface area (Å²) in [5, 5.41) is 7.33. The van der Waals surface area contributed by atoms with Crippen LogP contribution in [0.5, 0.6) is 5.75 Å². The molecule has 152 valence electrons. The van der Waals surface area contributed by atoms with Crippen LogP contribution in [0.1, 0.15) is 12.5 Å². The van der Waals surface area contributed by atoms with Gasteiger partial charge in [-0.15, -0.1) is 0 Å². The third-order valence-corrected chi connectivity index (χ3v) is 4.80. The highest BCUT2D eigenvalue weighted by atomic mass is 16.5. The van der Waals surface area contributed by atoms with Gasteiger partial charge in [-0.25, -0.2) is 4.52 Å². The number of amides is 1. The van der Waals surface area contributed by atoms with Crippen LogP contribution in [0.25, 0.3) is 16.8 Å². The zero-order chi connectivity index (χ0) is 21.1. The largest absolute Gasteiger partial charge is 0.494 e. The van der Waals surface area contributed by atoms with Gasteiger partial charge >= 0.3 is 0 Å². The highest BCUT2D eigenvalue weighted by Crippen LogP contribution is 2.22. The standard InChI is InChI=1S/C23H22N4O3/c1-3-30-18-10-8-17(9-11-18)20-14-21-23(29)26(12-13-27(21)25-20)15-22(28)24-19-7-5-4-6-16(19)2/h4-14H,3,15H2,1-2H3,(H,24,28). The number of para-hydroxylation sites is 1. The molecule has 4 rings (SSSR count). The minimum atomic E-state index is -0.276. The summed E-state index contributed by atoms with van der Waals surface area (Å²) in [7, 11) is 0. The Kier molecular flexibility index (Phi) is 5.34. The van der Waals surface area contributed by atoms with Crippen molar-refractivity contribution in [3.05, 3.63) is 82.9 Å². The first-order valence-electron chi connectivity index (χ1n) is 9.72. The summed E-state index contributed by atoms with van der Waals surface area (Å²) in [6.07, 6.45) is 3.25. The molecule has 7 nitrogen and oxygen atoms in total. The summed E-state index contributed by atoms with van der Waals surface area (Å²) >= 11 is 0. The first-order valence-corrected chi connectivity index (χ1v) is 9.72. The fourth-order valence-electron chi connectivity index (χ4n) is 3.24. The molecule has 30 heavy (non-hydrogen) atoms. The fourth-order valence-corrected chi connectivity index (χ4v) is 3.24. The minimum Gasteiger partial charge on any atom is -0.494 e. The van der Waals surface area contributed by atoms with Crippen molar-refractivity contribution in [2.24, 2.45) is 0 Å². The number of hydrogen-bond donors (Lipinski definition) is 1. The summed E-state index contributed by atoms with van der Waals surface area (Å²) in [6.45, 7) is 4.38. The zero-order valence-corrected chi connectivity index (χ0v) is 16.8. The number of aromatic nitrogens is 3. The van der Waals surface area contributed by atoms with Gasteiger partial charge < -0.3 is 14.6 Å². The van der Waals surface area contributed by atoms with E-state index in [0.29, 0.717) is 17.8 Å². The van der Waals surface area contributed by atoms with Crippen molar-refractivity contribution >= 4 is 17.1 Å². The Hall–Kier alpha value is -3.87. The predicted octanol–water partition coefficient (Wildman–Crippen LogP) is 3.51. The smallest absolute Gasteiger partial charge is 0.277 e. The number of anilines is 1. The van der Waals surface area contributed by atoms with Crippen LogP contribution in [0.4, 0.5) is 5.69 Å². The first kappa shape index (κ1) is 19.4. The molecule has 0 fully saturated rings. The molecule has 4 aromatic rings. The van der Waals surface area contributed by atoms with Crippen molar-refractivity contribution in [1.82, 2.24) is 14.2 Å². The number of fused-ring (bicyclic) bond motifs is 1. The maximum absolute atomic E-state index is 12.9. The molecule has 7 heteroatoms. The Balaban J connectivity index is 1.57. The van der Waals surface area contributed by atoms with Crippen LogP contribution in [0.2, 0.25) is 0 Å². The van der Waals surface area contributed by atoms with Crippen molar-refractivity contribution < 1.29 is 9.53 Å². The number of nitrogens with one attached hydrogen (secondary N) is 1. The molecule has 0 spiro atoms. The molecular formula is C23H22N4O3. The van der Waals surface area contributed by atoms with Crippen molar-refractivity contribution in [1.29, 1.82) is 0 Å². The molecule has 0 saturated heterocycles. The summed E-state index contributed by atoms with van der Waals surface area (Å²) in [5.41, 5.74) is 3.39. The van der Waals surface area contributed by atoms with Gasteiger partial charge in [-0.3, -0.25) is 9.59 Å². The molecular weight excluding hydrogens is 380 g/mol. The average Bonchev–Trinajstić information content (AvgIpc) is 3.18. The second-order valence-corrected chi connectivity index (χ2v) is 6.91. The van der Waals surface area contributed by atoms with E-state index < -0.39 is 0 Å². The molecule has 0 saturated carbocycles. The Labute approximate surface area is 173 Å². The molecule has 2 aromatic carbocycles. The van der Waals surface area contributed by atoms with Crippen molar-refractivity contribution in [3.63, 3.8) is 0 Å². The van der Waals surface area contributed by atoms with Gasteiger partial charge in [-0.2, -0.15) is 5.10 Å². The van der Waals surface area contributed by atoms with Gasteiger partial charge in [-0.1, -0.05) is 18.2 Å². The minimum absolute atomic E-state index is 0.0762. The van der Waals surface area contributed by atoms with Gasteiger partial charge in [0.1, 0.15) is 17.8 Å². The Morgan fingerprint density at radius 3 is 2.60 bits per heavy atom. The maximum Gasteiger partial charge on any atom is 0.277 e. The molecule has 1 amide bonds. The predicted molar refractivity (Wildman–Crippen MR) is 116 cm³/mol. The quantitative estimate of drug-likeness (QED) is 0.535. The number of carbonyl (C=O) groups excluding carboxylic acids is 1. The number of aryl methyl sites for hydroxylation is 1. The van der Waals surface area contributed by atoms with E-state index in [0.717, 1.165) is 22.6 Å². The van der Waals surface area contributed by atoms with Crippen LogP contribution in [0.3, 0.4) is 0 Å². The Bertz CT molecular complexity index is 1260. The van der Waals surface area contributed by atoms with E-state index in [1.165, 1.54) is 9.08 Å². The lowest BCUT2D eigenvalue weighted by atomic mass is 10.1. The van der Waals surface area contributed by atoms with Crippen LogP contribution < -0.4 is 15.6 Å². The van der Waals surface area contributed by atoms with E-state index in [4.69, 9.17) is 4.74 Å². The van der Waals surface area contributed by atoms with E-state index in [-0.39, 0.29) is 18.0 Å². The summed E-state index contributed by atoms with van der Waals surface area (Å²) < 4.78 is 8.37. The molecule has 0 atom stereocenters. The monoisotopic (exact) mass is 402 g/mol. The molecule has 1 N–H and O–H groups in total. The van der Waals surface area contributed by atoms with E-state index in [9.17, 15) is 9.59 Å². The van der Waals surface area contributed by atoms with Crippen molar-refractivity contribution in [2.75, 3.05) is 11.9 Å². The van der Waals surface area contributed by atoms with Crippen LogP contribution in [0, 0.1) is 6.92 Å². The maximum atomic E-state index is 12.9. The molecule has 0 unspecified atom stereocenters. The van der Waals surface area contributed by atoms with E-state index >= 15 is 0 Å². The normalized spacial score (nSPS) is 10.9. The first-order chi connectivity index (χ1) is 14.5. The van der Waals surface area contributed by atoms with Crippen LogP contribution in [0.15, 0.2) is 71.8 Å². The van der Waals surface area contributed by atoms with E-state index in [1.54, 1.807) is 18.5 Å². The van der Waals surface area contributed by atoms with E-state index in [1.807, 2.05) is 62.4 Å². The second-order valence-electron chi connectivity index (χ2n) is 6.91. The number of nitrogens with zero attached hydrogens (tertiary/aromatic N) is 3. The highest BCUT2D eigenvalue weighted by Gasteiger charge is 2.12. The molecule has 2 aromatic heterocycles. The van der Waals surface area contributed by atoms with Gasteiger partial charge in [0, 0.05) is 23.6 Å². The van der Waals surface area contributed by atoms with Gasteiger partial charge in [0.25, 0.3) is 5.56 Å². The summed E-state index contributed by atoms with van der Waals surface area (Å²) in [5.74, 6) is 0.522. The fraction of sp³-hybridized carbons (Fsp3) is 0.174. The summed E-state index contributed by atoms with van der Waals surface area (Å²) in [6, 6.07) is 16.8. The second kappa shape index (κ2) is 8.24. The highest BCUT2D eigenvalue weighted by molar-refractivity contribution is 5.91. The molecule has 0 bridgehead atoms. The van der Waals surface area contributed by atoms with Gasteiger partial charge in [0.05, 0.1) is 12.3 Å². The number of rotatable bonds is 6. The number of benzene rings is 2. The zero-order valence-electron chi connectivity index (χ0n) is 16.8. The molecule has 0 aliphatic heterocycles. The van der Waals surface area contributed by atoms with Gasteiger partial charge in [0.2, 0.25) is 5.91 Å². The topological polar surface area (TPSA) is 77.6 Å². The molecule has 0 aliphatic rings. The SMILES string of the molecule is CCOc1ccc(-c2cc3c(=O)n(CC(=O)Nc4ccccc4C)ccn3n2)cc1. The lowest BCUT2D eigenvalue weighted by Crippen LogP contribution is -2.28. The molecule has 0 radical (unpaired) electrons. The number of hydrogen-bond acceptors (Lipinski definition) is 4. The van der Waals surface area contributed by atoms with Crippen LogP contribution >= 0.6 is 0 Å². The lowest BCUT2D eigenvalue weighted by Gasteiger charge is -2.09. The van der Waals surface area contributed by atoms with Gasteiger partial charge in [0.15, 0.2) is 0 Å². The third-order valence-electron chi connectivity index (χ3n) is 4.80. The Morgan fingerprint density at radius 2 is 1.87 bits per heavy atom. The average molecular weight is 402 g/mol. The number of ether oxygens (including phenoxy) is 1. The lowest BCUT2D eigenvalue weighted by molar-refractivity contribution is -0.116. The van der Waals surface area contributed by atoms with Gasteiger partial charge in [-0.05, 0) is 55.8 Å². The molecule has 0 aliphatic carbocycles. The van der Waals surface area contributed by atoms with E-state index in [2.05, 4.69) is 10.4 Å².